The van der Waals surface area contributed by atoms with Crippen LogP contribution in [0.15, 0.2) is 6.33 Å². The van der Waals surface area contributed by atoms with Crippen LogP contribution in [0.25, 0.3) is 0 Å². The summed E-state index contributed by atoms with van der Waals surface area (Å²) in [5, 5.41) is 14.4. The van der Waals surface area contributed by atoms with Crippen LogP contribution in [-0.4, -0.2) is 34.5 Å². The molecule has 0 saturated heterocycles. The molecule has 0 bridgehead atoms. The van der Waals surface area contributed by atoms with Gasteiger partial charge < -0.3 is 10.2 Å². The lowest BCUT2D eigenvalue weighted by Gasteiger charge is -2.23. The molecule has 0 unspecified atom stereocenters. The van der Waals surface area contributed by atoms with E-state index in [2.05, 4.69) is 29.1 Å². The van der Waals surface area contributed by atoms with E-state index in [1.807, 2.05) is 11.8 Å². The van der Waals surface area contributed by atoms with Gasteiger partial charge >= 0.3 is 5.69 Å². The Kier molecular flexibility index (Phi) is 7.42. The normalized spacial score (nSPS) is 10.4. The van der Waals surface area contributed by atoms with Crippen LogP contribution >= 0.6 is 0 Å². The molecule has 7 heteroatoms. The molecular weight excluding hydrogens is 270 g/mol. The molecule has 0 aliphatic rings. The average molecular weight is 295 g/mol. The van der Waals surface area contributed by atoms with Crippen LogP contribution in [0.1, 0.15) is 46.5 Å². The molecule has 1 aromatic heterocycles. The minimum Gasteiger partial charge on any atom is -0.364 e. The molecule has 7 nitrogen and oxygen atoms in total. The summed E-state index contributed by atoms with van der Waals surface area (Å²) in [5.74, 6) is 0.721. The van der Waals surface area contributed by atoms with Crippen LogP contribution in [0.4, 0.5) is 17.3 Å². The van der Waals surface area contributed by atoms with Crippen LogP contribution in [0, 0.1) is 10.1 Å². The zero-order chi connectivity index (χ0) is 15.7. The highest BCUT2D eigenvalue weighted by atomic mass is 16.6. The van der Waals surface area contributed by atoms with E-state index in [0.29, 0.717) is 18.2 Å². The summed E-state index contributed by atoms with van der Waals surface area (Å²) in [4.78, 5) is 21.2. The van der Waals surface area contributed by atoms with Gasteiger partial charge in [0, 0.05) is 19.6 Å². The van der Waals surface area contributed by atoms with Gasteiger partial charge in [-0.1, -0.05) is 26.7 Å². The second-order valence-corrected chi connectivity index (χ2v) is 4.88. The summed E-state index contributed by atoms with van der Waals surface area (Å²) in [6.45, 7) is 8.24. The lowest BCUT2D eigenvalue weighted by atomic mass is 10.2. The van der Waals surface area contributed by atoms with Crippen molar-refractivity contribution in [1.82, 2.24) is 9.97 Å². The highest BCUT2D eigenvalue weighted by Crippen LogP contribution is 2.32. The van der Waals surface area contributed by atoms with Gasteiger partial charge in [-0.05, 0) is 19.8 Å². The van der Waals surface area contributed by atoms with Crippen molar-refractivity contribution in [2.24, 2.45) is 0 Å². The van der Waals surface area contributed by atoms with E-state index in [0.717, 1.165) is 38.8 Å². The van der Waals surface area contributed by atoms with Crippen LogP contribution in [0.3, 0.4) is 0 Å². The van der Waals surface area contributed by atoms with Gasteiger partial charge in [-0.15, -0.1) is 0 Å². The molecule has 0 radical (unpaired) electrons. The summed E-state index contributed by atoms with van der Waals surface area (Å²) >= 11 is 0. The smallest absolute Gasteiger partial charge is 0.353 e. The Morgan fingerprint density at radius 2 is 1.81 bits per heavy atom. The van der Waals surface area contributed by atoms with Gasteiger partial charge in [0.2, 0.25) is 11.6 Å². The minimum absolute atomic E-state index is 0.0217. The highest BCUT2D eigenvalue weighted by molar-refractivity contribution is 5.70. The van der Waals surface area contributed by atoms with Crippen molar-refractivity contribution in [2.45, 2.75) is 46.5 Å². The van der Waals surface area contributed by atoms with Crippen molar-refractivity contribution in [2.75, 3.05) is 29.9 Å². The number of unbranched alkanes of at least 4 members (excludes halogenated alkanes) is 2. The van der Waals surface area contributed by atoms with E-state index < -0.39 is 4.92 Å². The number of anilines is 2. The van der Waals surface area contributed by atoms with E-state index in [9.17, 15) is 10.1 Å². The van der Waals surface area contributed by atoms with Crippen molar-refractivity contribution in [3.05, 3.63) is 16.4 Å². The predicted octanol–water partition coefficient (Wildman–Crippen LogP) is 3.22. The van der Waals surface area contributed by atoms with E-state index >= 15 is 0 Å². The SMILES string of the molecule is CCCCN(CCCC)c1ncnc(NCC)c1[N+](=O)[O-]. The van der Waals surface area contributed by atoms with E-state index in [1.165, 1.54) is 6.33 Å². The number of hydrogen-bond donors (Lipinski definition) is 1. The molecule has 1 aromatic rings. The van der Waals surface area contributed by atoms with E-state index in [1.54, 1.807) is 0 Å². The quantitative estimate of drug-likeness (QED) is 0.527. The molecule has 0 atom stereocenters. The molecule has 1 rings (SSSR count). The highest BCUT2D eigenvalue weighted by Gasteiger charge is 2.26. The van der Waals surface area contributed by atoms with Gasteiger partial charge in [-0.2, -0.15) is 0 Å². The first-order valence-electron chi connectivity index (χ1n) is 7.63. The molecule has 0 amide bonds. The molecule has 0 aromatic carbocycles. The van der Waals surface area contributed by atoms with E-state index in [-0.39, 0.29) is 5.69 Å². The number of nitrogens with zero attached hydrogens (tertiary/aromatic N) is 4. The van der Waals surface area contributed by atoms with Crippen LogP contribution in [0.2, 0.25) is 0 Å². The van der Waals surface area contributed by atoms with Crippen LogP contribution < -0.4 is 10.2 Å². The van der Waals surface area contributed by atoms with Gasteiger partial charge in [0.05, 0.1) is 4.92 Å². The third kappa shape index (κ3) is 4.84. The monoisotopic (exact) mass is 295 g/mol. The molecule has 0 aliphatic carbocycles. The fourth-order valence-electron chi connectivity index (χ4n) is 2.09. The largest absolute Gasteiger partial charge is 0.364 e. The maximum absolute atomic E-state index is 11.4. The molecular formula is C14H25N5O2. The van der Waals surface area contributed by atoms with Crippen LogP contribution in [-0.2, 0) is 0 Å². The maximum atomic E-state index is 11.4. The second-order valence-electron chi connectivity index (χ2n) is 4.88. The fourth-order valence-corrected chi connectivity index (χ4v) is 2.09. The average Bonchev–Trinajstić information content (AvgIpc) is 2.47. The number of hydrogen-bond acceptors (Lipinski definition) is 6. The second kappa shape index (κ2) is 9.10. The summed E-state index contributed by atoms with van der Waals surface area (Å²) in [6.07, 6.45) is 5.46. The first-order valence-corrected chi connectivity index (χ1v) is 7.63. The first kappa shape index (κ1) is 17.1. The predicted molar refractivity (Wildman–Crippen MR) is 84.9 cm³/mol. The molecule has 0 spiro atoms. The Labute approximate surface area is 125 Å². The lowest BCUT2D eigenvalue weighted by molar-refractivity contribution is -0.383. The molecule has 0 fully saturated rings. The number of nitrogens with one attached hydrogen (secondary N) is 1. The van der Waals surface area contributed by atoms with Gasteiger partial charge in [0.15, 0.2) is 0 Å². The zero-order valence-electron chi connectivity index (χ0n) is 13.1. The van der Waals surface area contributed by atoms with Gasteiger partial charge in [0.1, 0.15) is 6.33 Å². The first-order chi connectivity index (χ1) is 10.2. The Morgan fingerprint density at radius 3 is 2.29 bits per heavy atom. The summed E-state index contributed by atoms with van der Waals surface area (Å²) < 4.78 is 0. The Hall–Kier alpha value is -1.92. The summed E-state index contributed by atoms with van der Waals surface area (Å²) in [7, 11) is 0. The summed E-state index contributed by atoms with van der Waals surface area (Å²) in [6, 6.07) is 0. The molecule has 1 N–H and O–H groups in total. The molecule has 0 saturated carbocycles. The molecule has 118 valence electrons. The lowest BCUT2D eigenvalue weighted by Crippen LogP contribution is -2.28. The van der Waals surface area contributed by atoms with E-state index in [4.69, 9.17) is 0 Å². The molecule has 1 heterocycles. The van der Waals surface area contributed by atoms with Gasteiger partial charge in [-0.25, -0.2) is 9.97 Å². The van der Waals surface area contributed by atoms with Crippen molar-refractivity contribution < 1.29 is 4.92 Å². The Morgan fingerprint density at radius 1 is 1.19 bits per heavy atom. The van der Waals surface area contributed by atoms with Crippen molar-refractivity contribution >= 4 is 17.3 Å². The number of nitro groups is 1. The van der Waals surface area contributed by atoms with Crippen molar-refractivity contribution in [1.29, 1.82) is 0 Å². The molecule has 0 aliphatic heterocycles. The standard InChI is InChI=1S/C14H25N5O2/c1-4-7-9-18(10-8-5-2)14-12(19(20)21)13(15-6-3)16-11-17-14/h11H,4-10H2,1-3H3,(H,15,16,17). The third-order valence-electron chi connectivity index (χ3n) is 3.19. The maximum Gasteiger partial charge on any atom is 0.353 e. The number of aromatic nitrogens is 2. The van der Waals surface area contributed by atoms with Crippen molar-refractivity contribution in [3.63, 3.8) is 0 Å². The Balaban J connectivity index is 3.15. The summed E-state index contributed by atoms with van der Waals surface area (Å²) in [5.41, 5.74) is -0.0217. The Bertz CT molecular complexity index is 445. The minimum atomic E-state index is -0.391. The van der Waals surface area contributed by atoms with Crippen molar-refractivity contribution in [3.8, 4) is 0 Å². The number of rotatable bonds is 10. The fraction of sp³-hybridized carbons (Fsp3) is 0.714. The zero-order valence-corrected chi connectivity index (χ0v) is 13.1. The van der Waals surface area contributed by atoms with Gasteiger partial charge in [-0.3, -0.25) is 10.1 Å². The molecule has 21 heavy (non-hydrogen) atoms. The topological polar surface area (TPSA) is 84.2 Å². The van der Waals surface area contributed by atoms with Crippen LogP contribution in [0.5, 0.6) is 0 Å². The third-order valence-corrected chi connectivity index (χ3v) is 3.19. The van der Waals surface area contributed by atoms with Gasteiger partial charge in [0.25, 0.3) is 0 Å².